The van der Waals surface area contributed by atoms with Gasteiger partial charge >= 0.3 is 5.97 Å². The highest BCUT2D eigenvalue weighted by Gasteiger charge is 2.32. The topological polar surface area (TPSA) is 237 Å². The molecule has 0 saturated heterocycles. The smallest absolute Gasteiger partial charge is 0.326 e. The molecule has 5 amide bonds. The maximum absolute atomic E-state index is 13.1. The van der Waals surface area contributed by atoms with Crippen LogP contribution in [0.4, 0.5) is 0 Å². The van der Waals surface area contributed by atoms with E-state index in [9.17, 15) is 33.9 Å². The Morgan fingerprint density at radius 2 is 1.28 bits per heavy atom. The molecule has 0 saturated carbocycles. The molecular weight excluding hydrogens is 472 g/mol. The molecule has 0 spiro atoms. The molecule has 0 aromatic heterocycles. The highest BCUT2D eigenvalue weighted by atomic mass is 16.4. The Kier molecular flexibility index (Phi) is 12.0. The maximum atomic E-state index is 13.1. The van der Waals surface area contributed by atoms with Crippen molar-refractivity contribution in [2.75, 3.05) is 0 Å². The average Bonchev–Trinajstić information content (AvgIpc) is 2.81. The van der Waals surface area contributed by atoms with Gasteiger partial charge in [0.05, 0.1) is 18.9 Å². The summed E-state index contributed by atoms with van der Waals surface area (Å²) in [5, 5.41) is 16.2. The molecular formula is C23H34N6O7. The number of aliphatic carboxylic acids is 1. The maximum Gasteiger partial charge on any atom is 0.326 e. The molecule has 5 atom stereocenters. The number of carbonyl (C=O) groups is 6. The lowest BCUT2D eigenvalue weighted by molar-refractivity contribution is -0.144. The molecule has 0 radical (unpaired) electrons. The van der Waals surface area contributed by atoms with E-state index in [0.717, 1.165) is 0 Å². The Morgan fingerprint density at radius 1 is 0.806 bits per heavy atom. The summed E-state index contributed by atoms with van der Waals surface area (Å²) in [7, 11) is 0. The van der Waals surface area contributed by atoms with Crippen molar-refractivity contribution in [2.45, 2.75) is 63.7 Å². The van der Waals surface area contributed by atoms with Crippen molar-refractivity contribution < 1.29 is 33.9 Å². The molecule has 13 heteroatoms. The first kappa shape index (κ1) is 30.0. The van der Waals surface area contributed by atoms with Gasteiger partial charge in [0.15, 0.2) is 0 Å². The minimum absolute atomic E-state index is 0.0377. The van der Waals surface area contributed by atoms with E-state index in [0.29, 0.717) is 12.0 Å². The van der Waals surface area contributed by atoms with E-state index < -0.39 is 72.5 Å². The van der Waals surface area contributed by atoms with Gasteiger partial charge in [-0.1, -0.05) is 50.6 Å². The molecule has 1 rings (SSSR count). The number of nitrogens with one attached hydrogen (secondary N) is 3. The Morgan fingerprint density at radius 3 is 1.78 bits per heavy atom. The molecule has 10 N–H and O–H groups in total. The number of benzene rings is 1. The Balaban J connectivity index is 3.14. The number of amides is 5. The summed E-state index contributed by atoms with van der Waals surface area (Å²) in [4.78, 5) is 72.6. The van der Waals surface area contributed by atoms with Gasteiger partial charge in [0, 0.05) is 6.42 Å². The fourth-order valence-electron chi connectivity index (χ4n) is 3.20. The zero-order chi connectivity index (χ0) is 27.4. The van der Waals surface area contributed by atoms with E-state index in [1.165, 1.54) is 0 Å². The van der Waals surface area contributed by atoms with E-state index >= 15 is 0 Å². The van der Waals surface area contributed by atoms with Crippen molar-refractivity contribution >= 4 is 35.5 Å². The zero-order valence-corrected chi connectivity index (χ0v) is 20.2. The fourth-order valence-corrected chi connectivity index (χ4v) is 3.20. The summed E-state index contributed by atoms with van der Waals surface area (Å²) in [5.74, 6) is -6.13. The number of primary amides is 2. The monoisotopic (exact) mass is 506 g/mol. The molecule has 1 aromatic rings. The van der Waals surface area contributed by atoms with E-state index in [-0.39, 0.29) is 12.3 Å². The number of carbonyl (C=O) groups excluding carboxylic acids is 5. The van der Waals surface area contributed by atoms with Crippen molar-refractivity contribution in [1.82, 2.24) is 16.0 Å². The Hall–Kier alpha value is -4.00. The fraction of sp³-hybridized carbons (Fsp3) is 0.478. The molecule has 0 aliphatic heterocycles. The first-order chi connectivity index (χ1) is 16.8. The summed E-state index contributed by atoms with van der Waals surface area (Å²) < 4.78 is 0. The Labute approximate surface area is 208 Å². The predicted molar refractivity (Wildman–Crippen MR) is 129 cm³/mol. The number of carboxylic acids is 1. The van der Waals surface area contributed by atoms with Crippen LogP contribution in [0.2, 0.25) is 0 Å². The van der Waals surface area contributed by atoms with Crippen molar-refractivity contribution in [3.8, 4) is 0 Å². The minimum atomic E-state index is -1.68. The third kappa shape index (κ3) is 10.1. The first-order valence-electron chi connectivity index (χ1n) is 11.4. The number of rotatable bonds is 15. The SMILES string of the molecule is CCC(C)C(N)C(=O)NC(Cc1ccccc1)C(=O)NC(CC(N)=O)C(=O)NC(CC(N)=O)C(=O)O. The van der Waals surface area contributed by atoms with Gasteiger partial charge in [-0.05, 0) is 11.5 Å². The van der Waals surface area contributed by atoms with Crippen LogP contribution in [0.5, 0.6) is 0 Å². The van der Waals surface area contributed by atoms with E-state index in [1.54, 1.807) is 37.3 Å². The van der Waals surface area contributed by atoms with Crippen LogP contribution in [-0.2, 0) is 35.2 Å². The normalized spacial score (nSPS) is 14.9. The number of hydrogen-bond donors (Lipinski definition) is 7. The van der Waals surface area contributed by atoms with Crippen LogP contribution in [0, 0.1) is 5.92 Å². The summed E-state index contributed by atoms with van der Waals surface area (Å²) >= 11 is 0. The van der Waals surface area contributed by atoms with Crippen LogP contribution in [0.15, 0.2) is 30.3 Å². The van der Waals surface area contributed by atoms with Gasteiger partial charge in [0.2, 0.25) is 29.5 Å². The molecule has 0 aliphatic carbocycles. The molecule has 0 heterocycles. The van der Waals surface area contributed by atoms with E-state index in [1.807, 2.05) is 6.92 Å². The lowest BCUT2D eigenvalue weighted by Crippen LogP contribution is -2.58. The largest absolute Gasteiger partial charge is 0.480 e. The zero-order valence-electron chi connectivity index (χ0n) is 20.2. The quantitative estimate of drug-likeness (QED) is 0.139. The highest BCUT2D eigenvalue weighted by molar-refractivity contribution is 5.96. The first-order valence-corrected chi connectivity index (χ1v) is 11.4. The standard InChI is InChI=1S/C23H34N6O7/c1-3-12(2)19(26)22(34)28-14(9-13-7-5-4-6-8-13)20(32)27-15(10-17(24)30)21(33)29-16(23(35)36)11-18(25)31/h4-8,12,14-16,19H,3,9-11,26H2,1-2H3,(H2,24,30)(H2,25,31)(H,27,32)(H,28,34)(H,29,33)(H,35,36). The molecule has 198 valence electrons. The molecule has 1 aromatic carbocycles. The van der Waals surface area contributed by atoms with Crippen LogP contribution in [0.1, 0.15) is 38.7 Å². The number of nitrogens with two attached hydrogens (primary N) is 3. The second-order valence-electron chi connectivity index (χ2n) is 8.46. The summed E-state index contributed by atoms with van der Waals surface area (Å²) in [6.07, 6.45) is -0.714. The van der Waals surface area contributed by atoms with Gasteiger partial charge in [-0.2, -0.15) is 0 Å². The van der Waals surface area contributed by atoms with Crippen molar-refractivity contribution in [1.29, 1.82) is 0 Å². The third-order valence-electron chi connectivity index (χ3n) is 5.53. The van der Waals surface area contributed by atoms with Gasteiger partial charge in [0.1, 0.15) is 18.1 Å². The van der Waals surface area contributed by atoms with Crippen LogP contribution in [-0.4, -0.2) is 64.8 Å². The molecule has 36 heavy (non-hydrogen) atoms. The molecule has 13 nitrogen and oxygen atoms in total. The molecule has 0 bridgehead atoms. The summed E-state index contributed by atoms with van der Waals surface area (Å²) in [6, 6.07) is 3.38. The molecule has 0 fully saturated rings. The van der Waals surface area contributed by atoms with Gasteiger partial charge < -0.3 is 38.3 Å². The van der Waals surface area contributed by atoms with Crippen LogP contribution in [0.3, 0.4) is 0 Å². The van der Waals surface area contributed by atoms with Gasteiger partial charge in [-0.3, -0.25) is 24.0 Å². The predicted octanol–water partition coefficient (Wildman–Crippen LogP) is -2.11. The van der Waals surface area contributed by atoms with Gasteiger partial charge in [0.25, 0.3) is 0 Å². The third-order valence-corrected chi connectivity index (χ3v) is 5.53. The van der Waals surface area contributed by atoms with Gasteiger partial charge in [-0.25, -0.2) is 4.79 Å². The molecule has 5 unspecified atom stereocenters. The van der Waals surface area contributed by atoms with Crippen LogP contribution < -0.4 is 33.2 Å². The summed E-state index contributed by atoms with van der Waals surface area (Å²) in [6.45, 7) is 3.65. The second kappa shape index (κ2) is 14.4. The molecule has 0 aliphatic rings. The summed E-state index contributed by atoms with van der Waals surface area (Å²) in [5.41, 5.74) is 16.9. The van der Waals surface area contributed by atoms with Crippen molar-refractivity contribution in [3.05, 3.63) is 35.9 Å². The lowest BCUT2D eigenvalue weighted by atomic mass is 9.98. The van der Waals surface area contributed by atoms with Crippen LogP contribution >= 0.6 is 0 Å². The van der Waals surface area contributed by atoms with Crippen LogP contribution in [0.25, 0.3) is 0 Å². The second-order valence-corrected chi connectivity index (χ2v) is 8.46. The van der Waals surface area contributed by atoms with Crippen molar-refractivity contribution in [2.24, 2.45) is 23.1 Å². The van der Waals surface area contributed by atoms with E-state index in [4.69, 9.17) is 17.2 Å². The lowest BCUT2D eigenvalue weighted by Gasteiger charge is -2.25. The average molecular weight is 507 g/mol. The Bertz CT molecular complexity index is 956. The number of carboxylic acid groups (broad SMARTS) is 1. The number of hydrogen-bond acceptors (Lipinski definition) is 7. The minimum Gasteiger partial charge on any atom is -0.480 e. The van der Waals surface area contributed by atoms with Crippen molar-refractivity contribution in [3.63, 3.8) is 0 Å². The van der Waals surface area contributed by atoms with E-state index in [2.05, 4.69) is 16.0 Å². The van der Waals surface area contributed by atoms with Gasteiger partial charge in [-0.15, -0.1) is 0 Å². The highest BCUT2D eigenvalue weighted by Crippen LogP contribution is 2.09.